The maximum atomic E-state index is 5.32. The Hall–Kier alpha value is -0.840. The monoisotopic (exact) mass is 209 g/mol. The molecule has 1 fully saturated rings. The Kier molecular flexibility index (Phi) is 3.77. The summed E-state index contributed by atoms with van der Waals surface area (Å²) in [7, 11) is 1.96. The summed E-state index contributed by atoms with van der Waals surface area (Å²) in [5.41, 5.74) is 2.54. The van der Waals surface area contributed by atoms with E-state index in [-0.39, 0.29) is 0 Å². The van der Waals surface area contributed by atoms with Gasteiger partial charge in [-0.15, -0.1) is 0 Å². The van der Waals surface area contributed by atoms with E-state index in [4.69, 9.17) is 4.74 Å². The number of morpholine rings is 1. The van der Waals surface area contributed by atoms with Crippen LogP contribution in [-0.2, 0) is 17.8 Å². The van der Waals surface area contributed by atoms with E-state index in [1.54, 1.807) is 0 Å². The van der Waals surface area contributed by atoms with Crippen LogP contribution in [0.2, 0.25) is 0 Å². The normalized spacial score (nSPS) is 18.2. The van der Waals surface area contributed by atoms with Gasteiger partial charge >= 0.3 is 0 Å². The number of hydrogen-bond donors (Lipinski definition) is 2. The molecule has 15 heavy (non-hydrogen) atoms. The molecule has 0 atom stereocenters. The van der Waals surface area contributed by atoms with Gasteiger partial charge in [0.05, 0.1) is 13.2 Å². The van der Waals surface area contributed by atoms with Gasteiger partial charge in [-0.3, -0.25) is 4.90 Å². The van der Waals surface area contributed by atoms with E-state index in [0.29, 0.717) is 0 Å². The van der Waals surface area contributed by atoms with Crippen LogP contribution in [-0.4, -0.2) is 43.2 Å². The Bertz CT molecular complexity index is 292. The first-order valence-electron chi connectivity index (χ1n) is 5.50. The summed E-state index contributed by atoms with van der Waals surface area (Å²) >= 11 is 0. The van der Waals surface area contributed by atoms with Crippen molar-refractivity contribution >= 4 is 0 Å². The molecule has 1 aliphatic rings. The van der Waals surface area contributed by atoms with Crippen molar-refractivity contribution in [1.29, 1.82) is 0 Å². The molecule has 0 radical (unpaired) electrons. The lowest BCUT2D eigenvalue weighted by Gasteiger charge is -2.25. The van der Waals surface area contributed by atoms with Crippen LogP contribution in [0.25, 0.3) is 0 Å². The molecule has 1 saturated heterocycles. The van der Waals surface area contributed by atoms with Crippen molar-refractivity contribution in [3.05, 3.63) is 23.5 Å². The van der Waals surface area contributed by atoms with E-state index < -0.39 is 0 Å². The number of ether oxygens (including phenoxy) is 1. The summed E-state index contributed by atoms with van der Waals surface area (Å²) in [4.78, 5) is 5.83. The topological polar surface area (TPSA) is 40.3 Å². The largest absolute Gasteiger partial charge is 0.379 e. The minimum Gasteiger partial charge on any atom is -0.379 e. The Balaban J connectivity index is 1.86. The SMILES string of the molecule is CNCc1ccc(CN2CCOCC2)[nH]1. The highest BCUT2D eigenvalue weighted by molar-refractivity contribution is 5.12. The van der Waals surface area contributed by atoms with E-state index in [1.807, 2.05) is 7.05 Å². The van der Waals surface area contributed by atoms with Gasteiger partial charge in [-0.25, -0.2) is 0 Å². The zero-order valence-electron chi connectivity index (χ0n) is 9.25. The molecule has 0 spiro atoms. The second-order valence-corrected chi connectivity index (χ2v) is 3.93. The van der Waals surface area contributed by atoms with Crippen molar-refractivity contribution in [2.45, 2.75) is 13.1 Å². The number of aromatic amines is 1. The third kappa shape index (κ3) is 3.06. The molecule has 4 heteroatoms. The van der Waals surface area contributed by atoms with Gasteiger partial charge in [-0.1, -0.05) is 0 Å². The predicted molar refractivity (Wildman–Crippen MR) is 59.7 cm³/mol. The molecular weight excluding hydrogens is 190 g/mol. The molecule has 2 heterocycles. The zero-order chi connectivity index (χ0) is 10.5. The van der Waals surface area contributed by atoms with Crippen molar-refractivity contribution in [2.75, 3.05) is 33.4 Å². The standard InChI is InChI=1S/C11H19N3O/c1-12-8-10-2-3-11(13-10)9-14-4-6-15-7-5-14/h2-3,12-13H,4-9H2,1H3. The first-order chi connectivity index (χ1) is 7.38. The minimum atomic E-state index is 0.865. The van der Waals surface area contributed by atoms with E-state index in [2.05, 4.69) is 27.3 Å². The summed E-state index contributed by atoms with van der Waals surface area (Å²) in [5.74, 6) is 0. The van der Waals surface area contributed by atoms with Crippen molar-refractivity contribution < 1.29 is 4.74 Å². The van der Waals surface area contributed by atoms with Crippen molar-refractivity contribution in [3.8, 4) is 0 Å². The van der Waals surface area contributed by atoms with Crippen molar-refractivity contribution in [2.24, 2.45) is 0 Å². The van der Waals surface area contributed by atoms with Gasteiger partial charge in [0, 0.05) is 37.6 Å². The Morgan fingerprint density at radius 1 is 1.33 bits per heavy atom. The molecule has 0 bridgehead atoms. The molecule has 0 aliphatic carbocycles. The second kappa shape index (κ2) is 5.30. The second-order valence-electron chi connectivity index (χ2n) is 3.93. The number of nitrogens with one attached hydrogen (secondary N) is 2. The van der Waals surface area contributed by atoms with Crippen LogP contribution < -0.4 is 5.32 Å². The van der Waals surface area contributed by atoms with E-state index in [9.17, 15) is 0 Å². The van der Waals surface area contributed by atoms with Crippen LogP contribution in [0.4, 0.5) is 0 Å². The molecule has 4 nitrogen and oxygen atoms in total. The predicted octanol–water partition coefficient (Wildman–Crippen LogP) is 0.566. The van der Waals surface area contributed by atoms with Crippen LogP contribution >= 0.6 is 0 Å². The van der Waals surface area contributed by atoms with Gasteiger partial charge in [-0.05, 0) is 19.2 Å². The molecule has 0 amide bonds. The summed E-state index contributed by atoms with van der Waals surface area (Å²) in [5, 5.41) is 3.14. The molecule has 2 N–H and O–H groups in total. The van der Waals surface area contributed by atoms with Gasteiger partial charge in [0.25, 0.3) is 0 Å². The van der Waals surface area contributed by atoms with Crippen LogP contribution in [0.15, 0.2) is 12.1 Å². The summed E-state index contributed by atoms with van der Waals surface area (Å²) in [6, 6.07) is 4.31. The molecule has 0 aromatic carbocycles. The Morgan fingerprint density at radius 3 is 2.80 bits per heavy atom. The zero-order valence-corrected chi connectivity index (χ0v) is 9.25. The van der Waals surface area contributed by atoms with Gasteiger partial charge < -0.3 is 15.0 Å². The highest BCUT2D eigenvalue weighted by Gasteiger charge is 2.11. The van der Waals surface area contributed by atoms with Crippen LogP contribution in [0.1, 0.15) is 11.4 Å². The number of nitrogens with zero attached hydrogens (tertiary/aromatic N) is 1. The third-order valence-electron chi connectivity index (χ3n) is 2.67. The van der Waals surface area contributed by atoms with Crippen molar-refractivity contribution in [3.63, 3.8) is 0 Å². The maximum absolute atomic E-state index is 5.32. The molecule has 0 unspecified atom stereocenters. The quantitative estimate of drug-likeness (QED) is 0.761. The van der Waals surface area contributed by atoms with Gasteiger partial charge in [0.15, 0.2) is 0 Å². The fourth-order valence-electron chi connectivity index (χ4n) is 1.88. The summed E-state index contributed by atoms with van der Waals surface area (Å²) in [6.07, 6.45) is 0. The Morgan fingerprint density at radius 2 is 2.07 bits per heavy atom. The van der Waals surface area contributed by atoms with Gasteiger partial charge in [0.2, 0.25) is 0 Å². The van der Waals surface area contributed by atoms with E-state index in [1.165, 1.54) is 11.4 Å². The lowest BCUT2D eigenvalue weighted by molar-refractivity contribution is 0.0337. The third-order valence-corrected chi connectivity index (χ3v) is 2.67. The maximum Gasteiger partial charge on any atom is 0.0594 e. The molecule has 1 aliphatic heterocycles. The average molecular weight is 209 g/mol. The number of hydrogen-bond acceptors (Lipinski definition) is 3. The number of H-pyrrole nitrogens is 1. The lowest BCUT2D eigenvalue weighted by atomic mass is 10.3. The first-order valence-corrected chi connectivity index (χ1v) is 5.50. The fraction of sp³-hybridized carbons (Fsp3) is 0.636. The highest BCUT2D eigenvalue weighted by atomic mass is 16.5. The fourth-order valence-corrected chi connectivity index (χ4v) is 1.88. The van der Waals surface area contributed by atoms with Gasteiger partial charge in [0.1, 0.15) is 0 Å². The van der Waals surface area contributed by atoms with Crippen LogP contribution in [0, 0.1) is 0 Å². The van der Waals surface area contributed by atoms with E-state index in [0.717, 1.165) is 39.4 Å². The number of rotatable bonds is 4. The summed E-state index contributed by atoms with van der Waals surface area (Å²) in [6.45, 7) is 5.73. The Labute approximate surface area is 90.6 Å². The molecule has 1 aromatic heterocycles. The molecule has 1 aromatic rings. The smallest absolute Gasteiger partial charge is 0.0594 e. The summed E-state index contributed by atoms with van der Waals surface area (Å²) < 4.78 is 5.32. The lowest BCUT2D eigenvalue weighted by Crippen LogP contribution is -2.35. The minimum absolute atomic E-state index is 0.865. The molecule has 84 valence electrons. The number of aromatic nitrogens is 1. The highest BCUT2D eigenvalue weighted by Crippen LogP contribution is 2.07. The first kappa shape index (κ1) is 10.7. The molecule has 2 rings (SSSR count). The van der Waals surface area contributed by atoms with Crippen LogP contribution in [0.3, 0.4) is 0 Å². The van der Waals surface area contributed by atoms with E-state index >= 15 is 0 Å². The average Bonchev–Trinajstić information content (AvgIpc) is 2.68. The van der Waals surface area contributed by atoms with Gasteiger partial charge in [-0.2, -0.15) is 0 Å². The van der Waals surface area contributed by atoms with Crippen LogP contribution in [0.5, 0.6) is 0 Å². The molecular formula is C11H19N3O. The molecule has 0 saturated carbocycles. The van der Waals surface area contributed by atoms with Crippen molar-refractivity contribution in [1.82, 2.24) is 15.2 Å².